The topological polar surface area (TPSA) is 69.0 Å². The van der Waals surface area contributed by atoms with Crippen molar-refractivity contribution in [2.75, 3.05) is 11.1 Å². The van der Waals surface area contributed by atoms with Gasteiger partial charge in [-0.3, -0.25) is 4.79 Å². The van der Waals surface area contributed by atoms with Crippen LogP contribution in [-0.4, -0.2) is 26.3 Å². The second kappa shape index (κ2) is 9.56. The lowest BCUT2D eigenvalue weighted by molar-refractivity contribution is -0.114. The van der Waals surface area contributed by atoms with Gasteiger partial charge in [-0.1, -0.05) is 49.0 Å². The minimum Gasteiger partial charge on any atom is -0.489 e. The van der Waals surface area contributed by atoms with Crippen molar-refractivity contribution in [2.45, 2.75) is 45.0 Å². The maximum absolute atomic E-state index is 13.8. The Bertz CT molecular complexity index is 1160. The summed E-state index contributed by atoms with van der Waals surface area (Å²) < 4.78 is 21.4. The van der Waals surface area contributed by atoms with Crippen LogP contribution in [0, 0.1) is 5.82 Å². The second-order valence-corrected chi connectivity index (χ2v) is 8.64. The van der Waals surface area contributed by atoms with Crippen molar-refractivity contribution in [3.8, 4) is 5.75 Å². The van der Waals surface area contributed by atoms with Gasteiger partial charge in [-0.25, -0.2) is 9.07 Å². The Balaban J connectivity index is 1.61. The Morgan fingerprint density at radius 2 is 1.97 bits per heavy atom. The number of benzene rings is 2. The first-order chi connectivity index (χ1) is 15.5. The second-order valence-electron chi connectivity index (χ2n) is 7.58. The summed E-state index contributed by atoms with van der Waals surface area (Å²) >= 11 is 1.59. The van der Waals surface area contributed by atoms with E-state index < -0.39 is 0 Å². The maximum atomic E-state index is 13.8. The zero-order chi connectivity index (χ0) is 22.7. The maximum Gasteiger partial charge on any atom is 0.227 e. The summed E-state index contributed by atoms with van der Waals surface area (Å²) in [6.45, 7) is 5.70. The molecular weight excluding hydrogens is 427 g/mol. The number of aromatic nitrogens is 3. The number of fused-ring (bicyclic) bond motifs is 1. The molecule has 0 saturated carbocycles. The number of nitrogens with one attached hydrogen (secondary N) is 1. The van der Waals surface area contributed by atoms with E-state index in [4.69, 9.17) is 4.74 Å². The predicted molar refractivity (Wildman–Crippen MR) is 123 cm³/mol. The van der Waals surface area contributed by atoms with E-state index in [9.17, 15) is 9.18 Å². The molecule has 0 saturated heterocycles. The molecule has 2 aromatic carbocycles. The lowest BCUT2D eigenvalue weighted by Gasteiger charge is -2.28. The minimum absolute atomic E-state index is 0.0243. The average molecular weight is 453 g/mol. The van der Waals surface area contributed by atoms with Crippen molar-refractivity contribution in [2.24, 2.45) is 0 Å². The number of Topliss-reactive ketones (excluding diaryl/α,β-unsaturated/α-hetero) is 1. The molecule has 3 aromatic rings. The van der Waals surface area contributed by atoms with Crippen molar-refractivity contribution in [3.05, 3.63) is 76.7 Å². The van der Waals surface area contributed by atoms with Crippen molar-refractivity contribution < 1.29 is 13.9 Å². The number of allylic oxidation sites excluding steroid dienone is 2. The number of ketones is 1. The number of carbonyl (C=O) groups excluding carboxylic acids is 1. The van der Waals surface area contributed by atoms with Gasteiger partial charge in [0.05, 0.1) is 0 Å². The quantitative estimate of drug-likeness (QED) is 0.463. The summed E-state index contributed by atoms with van der Waals surface area (Å²) in [5.41, 5.74) is 2.81. The first-order valence-corrected chi connectivity index (χ1v) is 11.5. The summed E-state index contributed by atoms with van der Waals surface area (Å²) in [6.07, 6.45) is 1.02. The number of hydrogen-bond acceptors (Lipinski definition) is 6. The molecule has 1 aromatic heterocycles. The first-order valence-electron chi connectivity index (χ1n) is 10.5. The van der Waals surface area contributed by atoms with E-state index in [1.165, 1.54) is 6.07 Å². The van der Waals surface area contributed by atoms with Crippen molar-refractivity contribution in [1.82, 2.24) is 14.8 Å². The van der Waals surface area contributed by atoms with Gasteiger partial charge in [0, 0.05) is 22.6 Å². The summed E-state index contributed by atoms with van der Waals surface area (Å²) in [4.78, 5) is 17.1. The van der Waals surface area contributed by atoms with E-state index in [0.717, 1.165) is 23.4 Å². The van der Waals surface area contributed by atoms with Crippen LogP contribution in [0.5, 0.6) is 5.75 Å². The number of ether oxygens (including phenoxy) is 1. The molecule has 1 aliphatic rings. The highest BCUT2D eigenvalue weighted by molar-refractivity contribution is 7.99. The standard InChI is InChI=1S/C24H25FN4O2S/c1-4-13-32-24-27-23-26-15(2)21(16(3)30)22(29(23)28-24)17-9-11-19(12-10-17)31-14-18-7-5-6-8-20(18)25/h5-12,22H,4,13-14H2,1-3H3,(H,26,27,28). The van der Waals surface area contributed by atoms with Crippen molar-refractivity contribution in [3.63, 3.8) is 0 Å². The average Bonchev–Trinajstić information content (AvgIpc) is 3.18. The van der Waals surface area contributed by atoms with Gasteiger partial charge in [-0.2, -0.15) is 4.98 Å². The normalized spacial score (nSPS) is 15.3. The van der Waals surface area contributed by atoms with E-state index in [2.05, 4.69) is 22.3 Å². The SMILES string of the molecule is CCCSc1nc2n(n1)C(c1ccc(OCc3ccccc3F)cc1)C(C(C)=O)=C(C)N2. The number of anilines is 1. The Hall–Kier alpha value is -3.13. The van der Waals surface area contributed by atoms with E-state index in [-0.39, 0.29) is 24.2 Å². The largest absolute Gasteiger partial charge is 0.489 e. The van der Waals surface area contributed by atoms with Crippen molar-refractivity contribution in [1.29, 1.82) is 0 Å². The Morgan fingerprint density at radius 1 is 1.22 bits per heavy atom. The van der Waals surface area contributed by atoms with Gasteiger partial charge in [0.1, 0.15) is 24.2 Å². The molecule has 1 aliphatic heterocycles. The Morgan fingerprint density at radius 3 is 2.66 bits per heavy atom. The van der Waals surface area contributed by atoms with Gasteiger partial charge in [0.15, 0.2) is 5.78 Å². The van der Waals surface area contributed by atoms with Gasteiger partial charge < -0.3 is 10.1 Å². The van der Waals surface area contributed by atoms with Gasteiger partial charge >= 0.3 is 0 Å². The van der Waals surface area contributed by atoms with Crippen LogP contribution < -0.4 is 10.1 Å². The zero-order valence-corrected chi connectivity index (χ0v) is 19.1. The number of thioether (sulfide) groups is 1. The molecule has 0 spiro atoms. The predicted octanol–water partition coefficient (Wildman–Crippen LogP) is 5.38. The van der Waals surface area contributed by atoms with Crippen LogP contribution in [0.2, 0.25) is 0 Å². The van der Waals surface area contributed by atoms with Crippen LogP contribution >= 0.6 is 11.8 Å². The number of hydrogen-bond donors (Lipinski definition) is 1. The molecule has 2 heterocycles. The summed E-state index contributed by atoms with van der Waals surface area (Å²) in [6, 6.07) is 13.6. The molecule has 4 rings (SSSR count). The molecule has 0 radical (unpaired) electrons. The van der Waals surface area contributed by atoms with Crippen LogP contribution in [0.3, 0.4) is 0 Å². The fourth-order valence-corrected chi connectivity index (χ4v) is 4.36. The summed E-state index contributed by atoms with van der Waals surface area (Å²) in [7, 11) is 0. The smallest absolute Gasteiger partial charge is 0.227 e. The molecule has 166 valence electrons. The highest BCUT2D eigenvalue weighted by atomic mass is 32.2. The van der Waals surface area contributed by atoms with Gasteiger partial charge in [0.2, 0.25) is 11.1 Å². The van der Waals surface area contributed by atoms with E-state index in [0.29, 0.717) is 28.0 Å². The molecule has 0 bridgehead atoms. The highest BCUT2D eigenvalue weighted by Crippen LogP contribution is 2.37. The van der Waals surface area contributed by atoms with E-state index in [1.54, 1.807) is 41.6 Å². The van der Waals surface area contributed by atoms with Crippen LogP contribution in [0.1, 0.15) is 44.4 Å². The van der Waals surface area contributed by atoms with Crippen LogP contribution in [0.4, 0.5) is 10.3 Å². The number of rotatable bonds is 8. The lowest BCUT2D eigenvalue weighted by Crippen LogP contribution is -2.27. The molecule has 8 heteroatoms. The molecule has 0 amide bonds. The van der Waals surface area contributed by atoms with Crippen molar-refractivity contribution >= 4 is 23.5 Å². The van der Waals surface area contributed by atoms with E-state index >= 15 is 0 Å². The summed E-state index contributed by atoms with van der Waals surface area (Å²) in [5.74, 6) is 1.85. The van der Waals surface area contributed by atoms with Gasteiger partial charge in [-0.15, -0.1) is 5.10 Å². The lowest BCUT2D eigenvalue weighted by atomic mass is 9.93. The van der Waals surface area contributed by atoms with Crippen LogP contribution in [0.15, 0.2) is 65.0 Å². The number of carbonyl (C=O) groups is 1. The third-order valence-corrected chi connectivity index (χ3v) is 6.24. The third kappa shape index (κ3) is 4.55. The molecule has 1 atom stereocenters. The minimum atomic E-state index is -0.382. The molecule has 1 N–H and O–H groups in total. The van der Waals surface area contributed by atoms with Crippen LogP contribution in [-0.2, 0) is 11.4 Å². The van der Waals surface area contributed by atoms with Gasteiger partial charge in [0.25, 0.3) is 0 Å². The zero-order valence-electron chi connectivity index (χ0n) is 18.3. The highest BCUT2D eigenvalue weighted by Gasteiger charge is 2.32. The summed E-state index contributed by atoms with van der Waals surface area (Å²) in [5, 5.41) is 8.57. The Labute approximate surface area is 190 Å². The first kappa shape index (κ1) is 22.1. The number of halogens is 1. The number of nitrogens with zero attached hydrogens (tertiary/aromatic N) is 3. The molecule has 32 heavy (non-hydrogen) atoms. The molecule has 0 fully saturated rings. The molecule has 6 nitrogen and oxygen atoms in total. The molecular formula is C24H25FN4O2S. The van der Waals surface area contributed by atoms with E-state index in [1.807, 2.05) is 31.2 Å². The van der Waals surface area contributed by atoms with Crippen LogP contribution in [0.25, 0.3) is 0 Å². The fraction of sp³-hybridized carbons (Fsp3) is 0.292. The molecule has 1 unspecified atom stereocenters. The van der Waals surface area contributed by atoms with Gasteiger partial charge in [-0.05, 0) is 44.0 Å². The Kier molecular flexibility index (Phi) is 6.60. The fourth-order valence-electron chi connectivity index (χ4n) is 3.67. The third-order valence-electron chi connectivity index (χ3n) is 5.20. The monoisotopic (exact) mass is 452 g/mol. The molecule has 0 aliphatic carbocycles.